The van der Waals surface area contributed by atoms with Crippen LogP contribution in [0.15, 0.2) is 43.1 Å². The highest BCUT2D eigenvalue weighted by atomic mass is 35.5. The Kier molecular flexibility index (Phi) is 6.21. The summed E-state index contributed by atoms with van der Waals surface area (Å²) in [5, 5.41) is 7.03. The second kappa shape index (κ2) is 9.42. The van der Waals surface area contributed by atoms with Gasteiger partial charge in [0.1, 0.15) is 22.8 Å². The Balaban J connectivity index is 1.24. The molecule has 0 spiro atoms. The van der Waals surface area contributed by atoms with Gasteiger partial charge in [-0.25, -0.2) is 19.3 Å². The van der Waals surface area contributed by atoms with Crippen LogP contribution in [-0.2, 0) is 6.54 Å². The monoisotopic (exact) mass is 485 g/mol. The van der Waals surface area contributed by atoms with E-state index in [0.29, 0.717) is 21.2 Å². The molecule has 1 aromatic carbocycles. The van der Waals surface area contributed by atoms with Gasteiger partial charge in [0.2, 0.25) is 0 Å². The highest BCUT2D eigenvalue weighted by molar-refractivity contribution is 7.20. The average molecular weight is 486 g/mol. The molecule has 8 nitrogen and oxygen atoms in total. The van der Waals surface area contributed by atoms with E-state index in [1.165, 1.54) is 29.8 Å². The van der Waals surface area contributed by atoms with Crippen molar-refractivity contribution >= 4 is 50.6 Å². The van der Waals surface area contributed by atoms with Gasteiger partial charge in [0.05, 0.1) is 27.3 Å². The summed E-state index contributed by atoms with van der Waals surface area (Å²) in [6.45, 7) is 2.63. The van der Waals surface area contributed by atoms with Crippen molar-refractivity contribution in [3.63, 3.8) is 0 Å². The van der Waals surface area contributed by atoms with Crippen LogP contribution in [0.5, 0.6) is 0 Å². The van der Waals surface area contributed by atoms with E-state index in [1.807, 2.05) is 6.20 Å². The van der Waals surface area contributed by atoms with Gasteiger partial charge in [-0.1, -0.05) is 11.6 Å². The number of thiophene rings is 1. The van der Waals surface area contributed by atoms with Gasteiger partial charge < -0.3 is 15.6 Å². The van der Waals surface area contributed by atoms with Gasteiger partial charge in [0, 0.05) is 37.6 Å². The lowest BCUT2D eigenvalue weighted by Crippen LogP contribution is -2.44. The van der Waals surface area contributed by atoms with Crippen molar-refractivity contribution in [2.45, 2.75) is 25.4 Å². The number of hydrogen-bond donors (Lipinski definition) is 3. The Morgan fingerprint density at radius 1 is 1.24 bits per heavy atom. The van der Waals surface area contributed by atoms with E-state index < -0.39 is 5.82 Å². The number of fused-ring (bicyclic) bond motifs is 1. The molecule has 1 aliphatic rings. The van der Waals surface area contributed by atoms with E-state index in [0.717, 1.165) is 43.6 Å². The smallest absolute Gasteiger partial charge is 0.261 e. The first kappa shape index (κ1) is 21.7. The lowest BCUT2D eigenvalue weighted by molar-refractivity contribution is 0.0912. The number of nitrogens with zero attached hydrogens (tertiary/aromatic N) is 4. The minimum absolute atomic E-state index is 0.0195. The number of benzene rings is 1. The predicted molar refractivity (Wildman–Crippen MR) is 126 cm³/mol. The minimum atomic E-state index is -0.489. The van der Waals surface area contributed by atoms with Crippen molar-refractivity contribution in [3.8, 4) is 0 Å². The third-order valence-electron chi connectivity index (χ3n) is 5.60. The first-order valence-electron chi connectivity index (χ1n) is 10.5. The number of piperidine rings is 1. The molecule has 170 valence electrons. The number of H-pyrrole nitrogens is 1. The number of amides is 1. The van der Waals surface area contributed by atoms with Gasteiger partial charge in [-0.2, -0.15) is 0 Å². The third-order valence-corrected chi connectivity index (χ3v) is 6.93. The van der Waals surface area contributed by atoms with Crippen LogP contribution in [0.1, 0.15) is 28.2 Å². The van der Waals surface area contributed by atoms with Crippen LogP contribution in [0.2, 0.25) is 5.02 Å². The van der Waals surface area contributed by atoms with Crippen LogP contribution in [0.4, 0.5) is 15.9 Å². The Morgan fingerprint density at radius 3 is 2.85 bits per heavy atom. The summed E-state index contributed by atoms with van der Waals surface area (Å²) >= 11 is 7.19. The molecule has 0 saturated carbocycles. The SMILES string of the molecule is O=C(NC1CCN(Cc2c[nH]cn2)CC1)c1cc2c(Nc3ccc(F)c(Cl)c3)ncnc2s1. The molecule has 1 aliphatic heterocycles. The first-order chi connectivity index (χ1) is 16.0. The molecule has 0 aliphatic carbocycles. The maximum atomic E-state index is 13.4. The van der Waals surface area contributed by atoms with Crippen LogP contribution < -0.4 is 10.6 Å². The van der Waals surface area contributed by atoms with Crippen LogP contribution in [-0.4, -0.2) is 49.9 Å². The van der Waals surface area contributed by atoms with E-state index in [4.69, 9.17) is 11.6 Å². The summed E-state index contributed by atoms with van der Waals surface area (Å²) in [5.74, 6) is -0.0688. The fourth-order valence-corrected chi connectivity index (χ4v) is 4.96. The molecule has 4 heterocycles. The number of halogens is 2. The molecule has 0 atom stereocenters. The van der Waals surface area contributed by atoms with Crippen molar-refractivity contribution in [2.24, 2.45) is 0 Å². The van der Waals surface area contributed by atoms with E-state index in [1.54, 1.807) is 18.5 Å². The van der Waals surface area contributed by atoms with E-state index >= 15 is 0 Å². The molecule has 33 heavy (non-hydrogen) atoms. The maximum Gasteiger partial charge on any atom is 0.261 e. The Hall–Kier alpha value is -3.08. The van der Waals surface area contributed by atoms with E-state index in [9.17, 15) is 9.18 Å². The molecule has 1 saturated heterocycles. The summed E-state index contributed by atoms with van der Waals surface area (Å²) in [5.41, 5.74) is 1.62. The van der Waals surface area contributed by atoms with Gasteiger partial charge in [-0.15, -0.1) is 11.3 Å². The fraction of sp³-hybridized carbons (Fsp3) is 0.273. The van der Waals surface area contributed by atoms with Gasteiger partial charge in [-0.05, 0) is 37.1 Å². The summed E-state index contributed by atoms with van der Waals surface area (Å²) in [7, 11) is 0. The average Bonchev–Trinajstić information content (AvgIpc) is 3.48. The highest BCUT2D eigenvalue weighted by Gasteiger charge is 2.23. The number of anilines is 2. The predicted octanol–water partition coefficient (Wildman–Crippen LogP) is 4.34. The molecule has 5 rings (SSSR count). The van der Waals surface area contributed by atoms with Crippen molar-refractivity contribution in [1.29, 1.82) is 0 Å². The molecular weight excluding hydrogens is 465 g/mol. The van der Waals surface area contributed by atoms with Crippen LogP contribution in [0.25, 0.3) is 10.2 Å². The van der Waals surface area contributed by atoms with E-state index in [2.05, 4.69) is 35.5 Å². The van der Waals surface area contributed by atoms with Crippen molar-refractivity contribution in [3.05, 3.63) is 64.5 Å². The lowest BCUT2D eigenvalue weighted by atomic mass is 10.0. The summed E-state index contributed by atoms with van der Waals surface area (Å²) in [6, 6.07) is 6.27. The standard InChI is InChI=1S/C22H21ClFN7OS/c23-17-7-14(1-2-18(17)24)29-20-16-8-19(33-22(16)28-12-27-20)21(32)30-13-3-5-31(6-4-13)10-15-9-25-11-26-15/h1-2,7-9,11-13H,3-6,10H2,(H,25,26)(H,30,32)(H,27,28,29). The number of aromatic amines is 1. The molecule has 0 bridgehead atoms. The number of aromatic nitrogens is 4. The Morgan fingerprint density at radius 2 is 2.09 bits per heavy atom. The lowest BCUT2D eigenvalue weighted by Gasteiger charge is -2.31. The molecule has 1 fully saturated rings. The number of rotatable bonds is 6. The normalized spacial score (nSPS) is 15.1. The zero-order valence-corrected chi connectivity index (χ0v) is 19.1. The Bertz CT molecular complexity index is 1270. The molecule has 3 aromatic heterocycles. The van der Waals surface area contributed by atoms with Crippen molar-refractivity contribution in [1.82, 2.24) is 30.2 Å². The molecule has 1 amide bonds. The number of likely N-dealkylation sites (tertiary alicyclic amines) is 1. The van der Waals surface area contributed by atoms with Crippen molar-refractivity contribution < 1.29 is 9.18 Å². The van der Waals surface area contributed by atoms with Gasteiger partial charge in [-0.3, -0.25) is 9.69 Å². The number of carbonyl (C=O) groups excluding carboxylic acids is 1. The van der Waals surface area contributed by atoms with Crippen LogP contribution >= 0.6 is 22.9 Å². The van der Waals surface area contributed by atoms with Crippen molar-refractivity contribution in [2.75, 3.05) is 18.4 Å². The third kappa shape index (κ3) is 4.97. The topological polar surface area (TPSA) is 98.8 Å². The zero-order valence-electron chi connectivity index (χ0n) is 17.5. The molecule has 11 heteroatoms. The maximum absolute atomic E-state index is 13.4. The zero-order chi connectivity index (χ0) is 22.8. The van der Waals surface area contributed by atoms with Gasteiger partial charge >= 0.3 is 0 Å². The molecule has 4 aromatic rings. The summed E-state index contributed by atoms with van der Waals surface area (Å²) in [4.78, 5) is 32.4. The fourth-order valence-electron chi connectivity index (χ4n) is 3.88. The number of nitrogens with one attached hydrogen (secondary N) is 3. The highest BCUT2D eigenvalue weighted by Crippen LogP contribution is 2.31. The van der Waals surface area contributed by atoms with Crippen LogP contribution in [0, 0.1) is 5.82 Å². The molecule has 0 unspecified atom stereocenters. The molecule has 0 radical (unpaired) electrons. The number of imidazole rings is 1. The largest absolute Gasteiger partial charge is 0.351 e. The minimum Gasteiger partial charge on any atom is -0.351 e. The van der Waals surface area contributed by atoms with Gasteiger partial charge in [0.15, 0.2) is 0 Å². The second-order valence-corrected chi connectivity index (χ2v) is 9.33. The quantitative estimate of drug-likeness (QED) is 0.375. The van der Waals surface area contributed by atoms with Crippen LogP contribution in [0.3, 0.4) is 0 Å². The number of carbonyl (C=O) groups is 1. The number of hydrogen-bond acceptors (Lipinski definition) is 7. The Labute approximate surface area is 198 Å². The van der Waals surface area contributed by atoms with Gasteiger partial charge in [0.25, 0.3) is 5.91 Å². The molecule has 3 N–H and O–H groups in total. The second-order valence-electron chi connectivity index (χ2n) is 7.89. The first-order valence-corrected chi connectivity index (χ1v) is 11.7. The summed E-state index contributed by atoms with van der Waals surface area (Å²) in [6.07, 6.45) is 6.81. The summed E-state index contributed by atoms with van der Waals surface area (Å²) < 4.78 is 13.4. The molecular formula is C22H21ClFN7OS. The van der Waals surface area contributed by atoms with E-state index in [-0.39, 0.29) is 17.0 Å².